The quantitative estimate of drug-likeness (QED) is 0.597. The number of benzene rings is 1. The molecule has 1 amide bonds. The molecular weight excluding hydrogens is 356 g/mol. The first-order chi connectivity index (χ1) is 11.4. The van der Waals surface area contributed by atoms with E-state index in [1.54, 1.807) is 13.8 Å². The number of carbonyl (C=O) groups excluding carboxylic acids is 1. The van der Waals surface area contributed by atoms with Gasteiger partial charge in [0.25, 0.3) is 0 Å². The van der Waals surface area contributed by atoms with Crippen LogP contribution in [-0.2, 0) is 14.8 Å². The maximum Gasteiger partial charge on any atom is 0.243 e. The van der Waals surface area contributed by atoms with Crippen LogP contribution in [-0.4, -0.2) is 56.6 Å². The second kappa shape index (κ2) is 9.83. The predicted molar refractivity (Wildman–Crippen MR) is 91.8 cm³/mol. The van der Waals surface area contributed by atoms with Crippen LogP contribution in [0, 0.1) is 0 Å². The van der Waals surface area contributed by atoms with Crippen molar-refractivity contribution >= 4 is 27.5 Å². The number of aliphatic hydroxyl groups excluding tert-OH is 1. The van der Waals surface area contributed by atoms with Gasteiger partial charge in [-0.05, 0) is 31.5 Å². The molecule has 0 aliphatic rings. The number of carbonyl (C=O) groups is 1. The topological polar surface area (TPSA) is 95.9 Å². The normalized spacial score (nSPS) is 11.5. The highest BCUT2D eigenvalue weighted by molar-refractivity contribution is 7.89. The summed E-state index contributed by atoms with van der Waals surface area (Å²) in [4.78, 5) is 11.8. The van der Waals surface area contributed by atoms with E-state index in [2.05, 4.69) is 5.32 Å². The molecule has 1 aromatic carbocycles. The van der Waals surface area contributed by atoms with E-state index in [1.807, 2.05) is 0 Å². The maximum absolute atomic E-state index is 12.7. The van der Waals surface area contributed by atoms with Crippen molar-refractivity contribution in [1.82, 2.24) is 9.62 Å². The Kier molecular flexibility index (Phi) is 8.47. The second-order valence-electron chi connectivity index (χ2n) is 4.88. The summed E-state index contributed by atoms with van der Waals surface area (Å²) in [5.74, 6) is -0.0196. The summed E-state index contributed by atoms with van der Waals surface area (Å²) in [6.45, 7) is 3.96. The van der Waals surface area contributed by atoms with Gasteiger partial charge in [0.05, 0.1) is 23.1 Å². The molecule has 24 heavy (non-hydrogen) atoms. The summed E-state index contributed by atoms with van der Waals surface area (Å²) >= 11 is 6.04. The summed E-state index contributed by atoms with van der Waals surface area (Å²) in [6, 6.07) is 4.21. The minimum absolute atomic E-state index is 0.000890. The Morgan fingerprint density at radius 2 is 2.08 bits per heavy atom. The van der Waals surface area contributed by atoms with Crippen LogP contribution >= 0.6 is 11.6 Å². The fourth-order valence-corrected chi connectivity index (χ4v) is 3.69. The molecule has 0 heterocycles. The molecular formula is C15H23ClN2O5S. The van der Waals surface area contributed by atoms with Crippen molar-refractivity contribution in [3.8, 4) is 5.75 Å². The lowest BCUT2D eigenvalue weighted by Gasteiger charge is -2.20. The molecule has 0 saturated carbocycles. The largest absolute Gasteiger partial charge is 0.492 e. The van der Waals surface area contributed by atoms with Gasteiger partial charge in [0, 0.05) is 19.7 Å². The van der Waals surface area contributed by atoms with Crippen LogP contribution in [0.1, 0.15) is 20.3 Å². The van der Waals surface area contributed by atoms with E-state index < -0.39 is 15.9 Å². The smallest absolute Gasteiger partial charge is 0.243 e. The van der Waals surface area contributed by atoms with Gasteiger partial charge in [-0.2, -0.15) is 4.31 Å². The Labute approximate surface area is 147 Å². The van der Waals surface area contributed by atoms with E-state index in [0.717, 1.165) is 4.31 Å². The number of hydrogen-bond acceptors (Lipinski definition) is 5. The summed E-state index contributed by atoms with van der Waals surface area (Å²) in [7, 11) is -3.85. The van der Waals surface area contributed by atoms with Crippen molar-refractivity contribution in [1.29, 1.82) is 0 Å². The summed E-state index contributed by atoms with van der Waals surface area (Å²) in [5.41, 5.74) is 0. The lowest BCUT2D eigenvalue weighted by atomic mass is 10.3. The van der Waals surface area contributed by atoms with Crippen LogP contribution in [0.5, 0.6) is 5.75 Å². The van der Waals surface area contributed by atoms with Crippen LogP contribution in [0.3, 0.4) is 0 Å². The average Bonchev–Trinajstić information content (AvgIpc) is 2.54. The van der Waals surface area contributed by atoms with Crippen molar-refractivity contribution in [3.05, 3.63) is 23.2 Å². The molecule has 0 bridgehead atoms. The van der Waals surface area contributed by atoms with Crippen molar-refractivity contribution in [2.24, 2.45) is 0 Å². The van der Waals surface area contributed by atoms with Gasteiger partial charge in [0.2, 0.25) is 15.9 Å². The summed E-state index contributed by atoms with van der Waals surface area (Å²) in [5, 5.41) is 11.4. The van der Waals surface area contributed by atoms with Crippen LogP contribution in [0.4, 0.5) is 0 Å². The lowest BCUT2D eigenvalue weighted by Crippen LogP contribution is -2.40. The second-order valence-corrected chi connectivity index (χ2v) is 7.23. The number of halogens is 1. The molecule has 9 heteroatoms. The first-order valence-corrected chi connectivity index (χ1v) is 9.48. The first-order valence-electron chi connectivity index (χ1n) is 7.66. The SMILES string of the molecule is CCOc1ccc(S(=O)(=O)N(CC)CC(=O)NCCCO)cc1Cl. The van der Waals surface area contributed by atoms with Crippen LogP contribution in [0.25, 0.3) is 0 Å². The van der Waals surface area contributed by atoms with Crippen molar-refractivity contribution in [2.45, 2.75) is 25.2 Å². The highest BCUT2D eigenvalue weighted by Gasteiger charge is 2.26. The van der Waals surface area contributed by atoms with Gasteiger partial charge in [0.1, 0.15) is 5.75 Å². The monoisotopic (exact) mass is 378 g/mol. The number of amides is 1. The molecule has 0 aliphatic carbocycles. The molecule has 2 N–H and O–H groups in total. The minimum atomic E-state index is -3.85. The number of ether oxygens (including phenoxy) is 1. The highest BCUT2D eigenvalue weighted by atomic mass is 35.5. The zero-order valence-electron chi connectivity index (χ0n) is 13.8. The molecule has 0 spiro atoms. The maximum atomic E-state index is 12.7. The lowest BCUT2D eigenvalue weighted by molar-refractivity contribution is -0.121. The zero-order chi connectivity index (χ0) is 18.2. The van der Waals surface area contributed by atoms with Gasteiger partial charge in [-0.3, -0.25) is 4.79 Å². The van der Waals surface area contributed by atoms with Gasteiger partial charge in [-0.25, -0.2) is 8.42 Å². The molecule has 0 fully saturated rings. The van der Waals surface area contributed by atoms with Crippen molar-refractivity contribution in [3.63, 3.8) is 0 Å². The Hall–Kier alpha value is -1.35. The number of sulfonamides is 1. The molecule has 0 unspecified atom stereocenters. The molecule has 0 atom stereocenters. The van der Waals surface area contributed by atoms with Crippen LogP contribution < -0.4 is 10.1 Å². The third kappa shape index (κ3) is 5.62. The van der Waals surface area contributed by atoms with Gasteiger partial charge < -0.3 is 15.2 Å². The number of likely N-dealkylation sites (N-methyl/N-ethyl adjacent to an activating group) is 1. The Bertz CT molecular complexity index is 651. The van der Waals surface area contributed by atoms with Crippen molar-refractivity contribution < 1.29 is 23.1 Å². The standard InChI is InChI=1S/C15H23ClN2O5S/c1-3-18(11-15(20)17-8-5-9-19)24(21,22)12-6-7-14(23-4-2)13(16)10-12/h6-7,10,19H,3-5,8-9,11H2,1-2H3,(H,17,20). The Morgan fingerprint density at radius 1 is 1.38 bits per heavy atom. The molecule has 7 nitrogen and oxygen atoms in total. The van der Waals surface area contributed by atoms with Gasteiger partial charge >= 0.3 is 0 Å². The van der Waals surface area contributed by atoms with E-state index in [4.69, 9.17) is 21.4 Å². The van der Waals surface area contributed by atoms with Gasteiger partial charge in [-0.15, -0.1) is 0 Å². The molecule has 0 aromatic heterocycles. The van der Waals surface area contributed by atoms with Crippen LogP contribution in [0.2, 0.25) is 5.02 Å². The third-order valence-electron chi connectivity index (χ3n) is 3.17. The number of nitrogens with one attached hydrogen (secondary N) is 1. The average molecular weight is 379 g/mol. The van der Waals surface area contributed by atoms with E-state index >= 15 is 0 Å². The highest BCUT2D eigenvalue weighted by Crippen LogP contribution is 2.28. The molecule has 1 rings (SSSR count). The molecule has 1 aromatic rings. The fourth-order valence-electron chi connectivity index (χ4n) is 1.95. The van der Waals surface area contributed by atoms with E-state index in [9.17, 15) is 13.2 Å². The molecule has 0 saturated heterocycles. The van der Waals surface area contributed by atoms with E-state index in [-0.39, 0.29) is 29.6 Å². The van der Waals surface area contributed by atoms with Gasteiger partial charge in [-0.1, -0.05) is 18.5 Å². The Balaban J connectivity index is 2.91. The molecule has 0 radical (unpaired) electrons. The number of hydrogen-bond donors (Lipinski definition) is 2. The minimum Gasteiger partial charge on any atom is -0.492 e. The van der Waals surface area contributed by atoms with Crippen LogP contribution in [0.15, 0.2) is 23.1 Å². The predicted octanol–water partition coefficient (Wildman–Crippen LogP) is 1.25. The Morgan fingerprint density at radius 3 is 2.62 bits per heavy atom. The number of nitrogens with zero attached hydrogens (tertiary/aromatic N) is 1. The summed E-state index contributed by atoms with van der Waals surface area (Å²) in [6.07, 6.45) is 0.416. The summed E-state index contributed by atoms with van der Waals surface area (Å²) < 4.78 is 31.7. The van der Waals surface area contributed by atoms with Crippen molar-refractivity contribution in [2.75, 3.05) is 32.8 Å². The molecule has 0 aliphatic heterocycles. The van der Waals surface area contributed by atoms with Gasteiger partial charge in [0.15, 0.2) is 0 Å². The van der Waals surface area contributed by atoms with E-state index in [1.165, 1.54) is 18.2 Å². The molecule has 136 valence electrons. The number of aliphatic hydroxyl groups is 1. The zero-order valence-corrected chi connectivity index (χ0v) is 15.4. The third-order valence-corrected chi connectivity index (χ3v) is 5.38. The van der Waals surface area contributed by atoms with E-state index in [0.29, 0.717) is 25.3 Å². The number of rotatable bonds is 10. The first kappa shape index (κ1) is 20.7. The fraction of sp³-hybridized carbons (Fsp3) is 0.533.